The maximum absolute atomic E-state index is 6.10. The van der Waals surface area contributed by atoms with E-state index in [2.05, 4.69) is 56.5 Å². The number of benzene rings is 2. The van der Waals surface area contributed by atoms with Gasteiger partial charge in [-0.2, -0.15) is 15.0 Å². The van der Waals surface area contributed by atoms with Crippen molar-refractivity contribution >= 4 is 40.8 Å². The maximum Gasteiger partial charge on any atom is 0.233 e. The second kappa shape index (κ2) is 8.63. The first-order valence-corrected chi connectivity index (χ1v) is 9.90. The Kier molecular flexibility index (Phi) is 5.78. The number of nitrogens with zero attached hydrogens (tertiary/aromatic N) is 4. The fraction of sp³-hybridized carbons (Fsp3) is 0.286. The largest absolute Gasteiger partial charge is 0.378 e. The Labute approximate surface area is 175 Å². The van der Waals surface area contributed by atoms with E-state index in [1.165, 1.54) is 11.1 Å². The van der Waals surface area contributed by atoms with Crippen molar-refractivity contribution < 1.29 is 4.74 Å². The van der Waals surface area contributed by atoms with Crippen molar-refractivity contribution in [3.05, 3.63) is 58.6 Å². The lowest BCUT2D eigenvalue weighted by Crippen LogP contribution is -2.37. The average Bonchev–Trinajstić information content (AvgIpc) is 2.71. The summed E-state index contributed by atoms with van der Waals surface area (Å²) in [6.45, 7) is 6.96. The Morgan fingerprint density at radius 1 is 0.862 bits per heavy atom. The highest BCUT2D eigenvalue weighted by molar-refractivity contribution is 6.30. The summed E-state index contributed by atoms with van der Waals surface area (Å²) in [5.74, 6) is 1.54. The molecule has 0 unspecified atom stereocenters. The van der Waals surface area contributed by atoms with Crippen LogP contribution in [0.1, 0.15) is 11.1 Å². The van der Waals surface area contributed by atoms with Crippen LogP contribution in [0, 0.1) is 13.8 Å². The minimum absolute atomic E-state index is 0.454. The number of morpholine rings is 1. The molecular weight excluding hydrogens is 388 g/mol. The molecule has 2 heterocycles. The molecule has 3 aromatic rings. The minimum Gasteiger partial charge on any atom is -0.378 e. The number of hydrogen-bond acceptors (Lipinski definition) is 7. The molecule has 2 N–H and O–H groups in total. The number of halogens is 1. The van der Waals surface area contributed by atoms with Crippen LogP contribution in [-0.4, -0.2) is 41.3 Å². The van der Waals surface area contributed by atoms with E-state index in [4.69, 9.17) is 16.3 Å². The van der Waals surface area contributed by atoms with Crippen LogP contribution >= 0.6 is 11.6 Å². The van der Waals surface area contributed by atoms with Crippen molar-refractivity contribution in [3.8, 4) is 0 Å². The molecule has 1 fully saturated rings. The van der Waals surface area contributed by atoms with Gasteiger partial charge >= 0.3 is 0 Å². The number of nitrogens with one attached hydrogen (secondary N) is 2. The highest BCUT2D eigenvalue weighted by Gasteiger charge is 2.17. The van der Waals surface area contributed by atoms with Crippen LogP contribution in [0.3, 0.4) is 0 Å². The summed E-state index contributed by atoms with van der Waals surface area (Å²) < 4.78 is 5.45. The van der Waals surface area contributed by atoms with Gasteiger partial charge in [0.2, 0.25) is 17.8 Å². The Bertz CT molecular complexity index is 1010. The molecule has 2 aromatic carbocycles. The molecule has 1 aliphatic heterocycles. The monoisotopic (exact) mass is 410 g/mol. The fourth-order valence-electron chi connectivity index (χ4n) is 3.02. The Morgan fingerprint density at radius 3 is 2.21 bits per heavy atom. The smallest absolute Gasteiger partial charge is 0.233 e. The first-order valence-electron chi connectivity index (χ1n) is 9.52. The molecule has 0 bridgehead atoms. The van der Waals surface area contributed by atoms with Crippen molar-refractivity contribution in [1.82, 2.24) is 15.0 Å². The zero-order chi connectivity index (χ0) is 20.2. The normalized spacial score (nSPS) is 14.0. The molecular formula is C21H23ClN6O. The lowest BCUT2D eigenvalue weighted by Gasteiger charge is -2.27. The summed E-state index contributed by atoms with van der Waals surface area (Å²) in [6.07, 6.45) is 0. The van der Waals surface area contributed by atoms with Crippen LogP contribution < -0.4 is 15.5 Å². The quantitative estimate of drug-likeness (QED) is 0.642. The summed E-state index contributed by atoms with van der Waals surface area (Å²) in [6, 6.07) is 13.6. The van der Waals surface area contributed by atoms with Gasteiger partial charge in [-0.05, 0) is 55.3 Å². The van der Waals surface area contributed by atoms with Crippen LogP contribution in [0.5, 0.6) is 0 Å². The maximum atomic E-state index is 6.10. The van der Waals surface area contributed by atoms with E-state index in [1.807, 2.05) is 30.3 Å². The highest BCUT2D eigenvalue weighted by Crippen LogP contribution is 2.23. The molecule has 1 saturated heterocycles. The van der Waals surface area contributed by atoms with E-state index in [1.54, 1.807) is 0 Å². The molecule has 0 spiro atoms. The molecule has 1 aliphatic rings. The Balaban J connectivity index is 1.65. The van der Waals surface area contributed by atoms with Gasteiger partial charge in [0.05, 0.1) is 13.2 Å². The lowest BCUT2D eigenvalue weighted by atomic mass is 10.1. The van der Waals surface area contributed by atoms with Crippen molar-refractivity contribution in [2.24, 2.45) is 0 Å². The fourth-order valence-corrected chi connectivity index (χ4v) is 3.22. The predicted octanol–water partition coefficient (Wildman–Crippen LogP) is 4.47. The van der Waals surface area contributed by atoms with Gasteiger partial charge < -0.3 is 20.3 Å². The van der Waals surface area contributed by atoms with E-state index in [9.17, 15) is 0 Å². The molecule has 1 aromatic heterocycles. The number of anilines is 5. The van der Waals surface area contributed by atoms with Crippen LogP contribution in [0.4, 0.5) is 29.2 Å². The summed E-state index contributed by atoms with van der Waals surface area (Å²) in [4.78, 5) is 15.9. The van der Waals surface area contributed by atoms with Crippen molar-refractivity contribution in [2.45, 2.75) is 13.8 Å². The van der Waals surface area contributed by atoms with Gasteiger partial charge in [0.1, 0.15) is 0 Å². The molecule has 0 saturated carbocycles. The molecule has 0 atom stereocenters. The van der Waals surface area contributed by atoms with Crippen LogP contribution in [0.25, 0.3) is 0 Å². The van der Waals surface area contributed by atoms with Crippen LogP contribution in [0.2, 0.25) is 5.02 Å². The molecule has 150 valence electrons. The molecule has 0 radical (unpaired) electrons. The number of aryl methyl sites for hydroxylation is 2. The van der Waals surface area contributed by atoms with Crippen molar-refractivity contribution in [3.63, 3.8) is 0 Å². The number of aromatic nitrogens is 3. The highest BCUT2D eigenvalue weighted by atomic mass is 35.5. The number of hydrogen-bond donors (Lipinski definition) is 2. The summed E-state index contributed by atoms with van der Waals surface area (Å²) in [5, 5.41) is 7.17. The standard InChI is InChI=1S/C21H23ClN6O/c1-14-6-7-18(12-15(14)2)24-20-25-19(23-17-5-3-4-16(22)13-17)26-21(27-20)28-8-10-29-11-9-28/h3-7,12-13H,8-11H2,1-2H3,(H2,23,24,25,26,27). The summed E-state index contributed by atoms with van der Waals surface area (Å²) in [7, 11) is 0. The van der Waals surface area contributed by atoms with Gasteiger partial charge in [-0.15, -0.1) is 0 Å². The zero-order valence-electron chi connectivity index (χ0n) is 16.4. The zero-order valence-corrected chi connectivity index (χ0v) is 17.2. The second-order valence-corrected chi connectivity index (χ2v) is 7.38. The van der Waals surface area contributed by atoms with Crippen molar-refractivity contribution in [2.75, 3.05) is 41.8 Å². The SMILES string of the molecule is Cc1ccc(Nc2nc(Nc3cccc(Cl)c3)nc(N3CCOCC3)n2)cc1C. The third-order valence-electron chi connectivity index (χ3n) is 4.76. The van der Waals surface area contributed by atoms with Gasteiger partial charge in [0.15, 0.2) is 0 Å². The topological polar surface area (TPSA) is 75.2 Å². The van der Waals surface area contributed by atoms with Crippen LogP contribution in [-0.2, 0) is 4.74 Å². The first kappa shape index (κ1) is 19.4. The first-order chi connectivity index (χ1) is 14.1. The van der Waals surface area contributed by atoms with E-state index >= 15 is 0 Å². The summed E-state index contributed by atoms with van der Waals surface area (Å²) in [5.41, 5.74) is 4.19. The van der Waals surface area contributed by atoms with Gasteiger partial charge in [-0.1, -0.05) is 23.7 Å². The van der Waals surface area contributed by atoms with Crippen molar-refractivity contribution in [1.29, 1.82) is 0 Å². The minimum atomic E-state index is 0.454. The molecule has 0 aliphatic carbocycles. The number of rotatable bonds is 5. The van der Waals surface area contributed by atoms with Gasteiger partial charge in [0, 0.05) is 29.5 Å². The lowest BCUT2D eigenvalue weighted by molar-refractivity contribution is 0.122. The Morgan fingerprint density at radius 2 is 1.55 bits per heavy atom. The Hall–Kier alpha value is -2.90. The van der Waals surface area contributed by atoms with E-state index in [0.29, 0.717) is 36.1 Å². The average molecular weight is 411 g/mol. The van der Waals surface area contributed by atoms with E-state index in [0.717, 1.165) is 24.5 Å². The molecule has 8 heteroatoms. The molecule has 29 heavy (non-hydrogen) atoms. The second-order valence-electron chi connectivity index (χ2n) is 6.94. The van der Waals surface area contributed by atoms with Crippen LogP contribution in [0.15, 0.2) is 42.5 Å². The predicted molar refractivity (Wildman–Crippen MR) is 117 cm³/mol. The van der Waals surface area contributed by atoms with Gasteiger partial charge in [-0.25, -0.2) is 0 Å². The molecule has 7 nitrogen and oxygen atoms in total. The molecule has 4 rings (SSSR count). The van der Waals surface area contributed by atoms with Gasteiger partial charge in [0.25, 0.3) is 0 Å². The summed E-state index contributed by atoms with van der Waals surface area (Å²) >= 11 is 6.10. The third-order valence-corrected chi connectivity index (χ3v) is 5.00. The van der Waals surface area contributed by atoms with E-state index < -0.39 is 0 Å². The van der Waals surface area contributed by atoms with Gasteiger partial charge in [-0.3, -0.25) is 0 Å². The molecule has 0 amide bonds. The van der Waals surface area contributed by atoms with E-state index in [-0.39, 0.29) is 0 Å². The third kappa shape index (κ3) is 4.93. The number of ether oxygens (including phenoxy) is 1.